The smallest absolute Gasteiger partial charge is 0.0873 e. The Morgan fingerprint density at radius 3 is 2.14 bits per heavy atom. The molecule has 0 N–H and O–H groups in total. The van der Waals surface area contributed by atoms with Crippen molar-refractivity contribution in [2.75, 3.05) is 0 Å². The highest BCUT2D eigenvalue weighted by atomic mass is 14.6. The second-order valence-electron chi connectivity index (χ2n) is 4.77. The lowest BCUT2D eigenvalue weighted by atomic mass is 9.49. The molecule has 2 rings (SSSR count). The van der Waals surface area contributed by atoms with Crippen LogP contribution in [0.4, 0.5) is 0 Å². The Kier molecular flexibility index (Phi) is 1.89. The molecule has 1 unspecified atom stereocenters. The van der Waals surface area contributed by atoms with Crippen molar-refractivity contribution in [3.63, 3.8) is 0 Å². The monoisotopic (exact) mass is 185 g/mol. The summed E-state index contributed by atoms with van der Waals surface area (Å²) >= 11 is 0. The van der Waals surface area contributed by atoms with Gasteiger partial charge in [0.05, 0.1) is 11.5 Å². The molecular formula is C13H15N. The Morgan fingerprint density at radius 2 is 1.79 bits per heavy atom. The third-order valence-electron chi connectivity index (χ3n) is 3.74. The highest BCUT2D eigenvalue weighted by Crippen LogP contribution is 2.57. The largest absolute Gasteiger partial charge is 0.197 e. The molecular weight excluding hydrogens is 170 g/mol. The van der Waals surface area contributed by atoms with Gasteiger partial charge in [-0.3, -0.25) is 0 Å². The van der Waals surface area contributed by atoms with Crippen molar-refractivity contribution in [3.05, 3.63) is 35.9 Å². The molecule has 1 aliphatic rings. The number of hydrogen-bond acceptors (Lipinski definition) is 1. The fourth-order valence-electron chi connectivity index (χ4n) is 2.40. The summed E-state index contributed by atoms with van der Waals surface area (Å²) in [5.41, 5.74) is 1.07. The molecule has 0 amide bonds. The van der Waals surface area contributed by atoms with Gasteiger partial charge < -0.3 is 0 Å². The van der Waals surface area contributed by atoms with E-state index in [1.807, 2.05) is 18.2 Å². The topological polar surface area (TPSA) is 23.8 Å². The minimum absolute atomic E-state index is 0.128. The lowest BCUT2D eigenvalue weighted by molar-refractivity contribution is 0.0759. The lowest BCUT2D eigenvalue weighted by Gasteiger charge is -2.52. The maximum Gasteiger partial charge on any atom is 0.0873 e. The van der Waals surface area contributed by atoms with Gasteiger partial charge in [0.25, 0.3) is 0 Å². The zero-order valence-corrected chi connectivity index (χ0v) is 8.75. The molecule has 1 heteroatoms. The minimum atomic E-state index is -0.242. The molecule has 0 aromatic heterocycles. The van der Waals surface area contributed by atoms with Crippen LogP contribution >= 0.6 is 0 Å². The SMILES string of the molecule is CC1(C)CCC1(C#N)c1ccccc1. The average molecular weight is 185 g/mol. The molecule has 14 heavy (non-hydrogen) atoms. The van der Waals surface area contributed by atoms with Crippen molar-refractivity contribution >= 4 is 0 Å². The van der Waals surface area contributed by atoms with Crippen molar-refractivity contribution in [3.8, 4) is 6.07 Å². The quantitative estimate of drug-likeness (QED) is 0.658. The third-order valence-corrected chi connectivity index (χ3v) is 3.74. The van der Waals surface area contributed by atoms with Gasteiger partial charge in [0.1, 0.15) is 0 Å². The van der Waals surface area contributed by atoms with Crippen molar-refractivity contribution in [1.29, 1.82) is 5.26 Å². The molecule has 1 aromatic rings. The highest BCUT2D eigenvalue weighted by Gasteiger charge is 2.54. The van der Waals surface area contributed by atoms with Gasteiger partial charge in [-0.1, -0.05) is 44.2 Å². The zero-order valence-electron chi connectivity index (χ0n) is 8.75. The van der Waals surface area contributed by atoms with E-state index in [0.29, 0.717) is 0 Å². The molecule has 1 atom stereocenters. The summed E-state index contributed by atoms with van der Waals surface area (Å²) in [4.78, 5) is 0. The molecule has 1 aromatic carbocycles. The van der Waals surface area contributed by atoms with E-state index in [0.717, 1.165) is 12.8 Å². The molecule has 0 bridgehead atoms. The van der Waals surface area contributed by atoms with Crippen LogP contribution in [0.25, 0.3) is 0 Å². The van der Waals surface area contributed by atoms with Crippen LogP contribution in [0, 0.1) is 16.7 Å². The first-order chi connectivity index (χ1) is 6.62. The van der Waals surface area contributed by atoms with E-state index in [2.05, 4.69) is 32.0 Å². The lowest BCUT2D eigenvalue weighted by Crippen LogP contribution is -2.50. The summed E-state index contributed by atoms with van der Waals surface area (Å²) in [6.45, 7) is 4.37. The Hall–Kier alpha value is -1.29. The van der Waals surface area contributed by atoms with Gasteiger partial charge in [-0.2, -0.15) is 5.26 Å². The molecule has 72 valence electrons. The molecule has 1 saturated carbocycles. The average Bonchev–Trinajstić information content (AvgIpc) is 2.19. The molecule has 1 nitrogen and oxygen atoms in total. The second kappa shape index (κ2) is 2.85. The van der Waals surface area contributed by atoms with Crippen molar-refractivity contribution in [1.82, 2.24) is 0 Å². The van der Waals surface area contributed by atoms with Crippen LogP contribution in [0.15, 0.2) is 30.3 Å². The van der Waals surface area contributed by atoms with Crippen LogP contribution in [0.2, 0.25) is 0 Å². The Labute approximate surface area is 85.4 Å². The zero-order chi connectivity index (χ0) is 10.2. The van der Waals surface area contributed by atoms with E-state index in [9.17, 15) is 5.26 Å². The molecule has 0 heterocycles. The van der Waals surface area contributed by atoms with Crippen molar-refractivity contribution < 1.29 is 0 Å². The van der Waals surface area contributed by atoms with Gasteiger partial charge >= 0.3 is 0 Å². The Balaban J connectivity index is 2.47. The van der Waals surface area contributed by atoms with Crippen LogP contribution in [-0.2, 0) is 5.41 Å². The summed E-state index contributed by atoms with van der Waals surface area (Å²) in [5, 5.41) is 9.38. The van der Waals surface area contributed by atoms with Gasteiger partial charge in [0, 0.05) is 0 Å². The van der Waals surface area contributed by atoms with Gasteiger partial charge in [-0.25, -0.2) is 0 Å². The fraction of sp³-hybridized carbons (Fsp3) is 0.462. The highest BCUT2D eigenvalue weighted by molar-refractivity contribution is 5.39. The molecule has 0 radical (unpaired) electrons. The van der Waals surface area contributed by atoms with Crippen molar-refractivity contribution in [2.45, 2.75) is 32.1 Å². The third kappa shape index (κ3) is 1.00. The first kappa shape index (κ1) is 9.27. The number of nitrogens with zero attached hydrogens (tertiary/aromatic N) is 1. The van der Waals surface area contributed by atoms with Crippen LogP contribution in [0.5, 0.6) is 0 Å². The second-order valence-corrected chi connectivity index (χ2v) is 4.77. The first-order valence-corrected chi connectivity index (χ1v) is 5.09. The summed E-state index contributed by atoms with van der Waals surface area (Å²) < 4.78 is 0. The Morgan fingerprint density at radius 1 is 1.14 bits per heavy atom. The van der Waals surface area contributed by atoms with Gasteiger partial charge in [0.15, 0.2) is 0 Å². The van der Waals surface area contributed by atoms with Gasteiger partial charge in [-0.05, 0) is 23.8 Å². The number of nitriles is 1. The van der Waals surface area contributed by atoms with Crippen LogP contribution < -0.4 is 0 Å². The maximum absolute atomic E-state index is 9.38. The van der Waals surface area contributed by atoms with Crippen LogP contribution in [0.1, 0.15) is 32.3 Å². The molecule has 1 aliphatic carbocycles. The normalized spacial score (nSPS) is 28.9. The predicted octanol–water partition coefficient (Wildman–Crippen LogP) is 3.27. The summed E-state index contributed by atoms with van der Waals surface area (Å²) in [6, 6.07) is 12.7. The molecule has 0 spiro atoms. The Bertz CT molecular complexity index is 372. The maximum atomic E-state index is 9.38. The van der Waals surface area contributed by atoms with Crippen LogP contribution in [0.3, 0.4) is 0 Å². The number of hydrogen-bond donors (Lipinski definition) is 0. The van der Waals surface area contributed by atoms with E-state index < -0.39 is 0 Å². The number of rotatable bonds is 1. The first-order valence-electron chi connectivity index (χ1n) is 5.09. The fourth-order valence-corrected chi connectivity index (χ4v) is 2.40. The van der Waals surface area contributed by atoms with Gasteiger partial charge in [-0.15, -0.1) is 0 Å². The van der Waals surface area contributed by atoms with Crippen molar-refractivity contribution in [2.24, 2.45) is 5.41 Å². The minimum Gasteiger partial charge on any atom is -0.197 e. The van der Waals surface area contributed by atoms with Gasteiger partial charge in [0.2, 0.25) is 0 Å². The predicted molar refractivity (Wildman–Crippen MR) is 56.7 cm³/mol. The molecule has 0 aliphatic heterocycles. The standard InChI is InChI=1S/C13H15N/c1-12(2)8-9-13(12,10-14)11-6-4-3-5-7-11/h3-7H,8-9H2,1-2H3. The van der Waals surface area contributed by atoms with Crippen LogP contribution in [-0.4, -0.2) is 0 Å². The summed E-state index contributed by atoms with van der Waals surface area (Å²) in [5.74, 6) is 0. The van der Waals surface area contributed by atoms with E-state index in [4.69, 9.17) is 0 Å². The summed E-state index contributed by atoms with van der Waals surface area (Å²) in [7, 11) is 0. The van der Waals surface area contributed by atoms with E-state index in [1.165, 1.54) is 5.56 Å². The number of benzene rings is 1. The summed E-state index contributed by atoms with van der Waals surface area (Å²) in [6.07, 6.45) is 2.15. The van der Waals surface area contributed by atoms with E-state index in [-0.39, 0.29) is 10.8 Å². The van der Waals surface area contributed by atoms with E-state index in [1.54, 1.807) is 0 Å². The van der Waals surface area contributed by atoms with E-state index >= 15 is 0 Å². The molecule has 1 fully saturated rings. The molecule has 0 saturated heterocycles.